The fraction of sp³-hybridized carbons (Fsp3) is 0.200. The molecule has 3 nitrogen and oxygen atoms in total. The molecule has 0 radical (unpaired) electrons. The maximum Gasteiger partial charge on any atom is 0.309 e. The molecule has 0 bridgehead atoms. The van der Waals surface area contributed by atoms with Crippen LogP contribution in [-0.2, 0) is 16.0 Å². The van der Waals surface area contributed by atoms with Crippen molar-refractivity contribution in [1.29, 1.82) is 5.26 Å². The second kappa shape index (κ2) is 5.01. The molecule has 0 spiro atoms. The Labute approximate surface area is 97.2 Å². The summed E-state index contributed by atoms with van der Waals surface area (Å²) in [6.07, 6.45) is 0.0850. The molecule has 0 saturated carbocycles. The highest BCUT2D eigenvalue weighted by Gasteiger charge is 2.10. The van der Waals surface area contributed by atoms with Gasteiger partial charge in [0.15, 0.2) is 0 Å². The highest BCUT2D eigenvalue weighted by atomic mass is 35.5. The third-order valence-electron chi connectivity index (χ3n) is 1.79. The molecule has 0 unspecified atom stereocenters. The minimum atomic E-state index is -0.383. The Bertz CT molecular complexity index is 415. The SMILES string of the molecule is COC(=O)Cc1cc(Cl)c(C#N)c(Cl)c1. The minimum absolute atomic E-state index is 0.0850. The average molecular weight is 244 g/mol. The van der Waals surface area contributed by atoms with Crippen molar-refractivity contribution in [3.63, 3.8) is 0 Å². The fourth-order valence-corrected chi connectivity index (χ4v) is 1.69. The Hall–Kier alpha value is -1.24. The van der Waals surface area contributed by atoms with E-state index in [1.54, 1.807) is 0 Å². The van der Waals surface area contributed by atoms with Gasteiger partial charge in [0.05, 0.1) is 29.1 Å². The molecule has 0 atom stereocenters. The van der Waals surface area contributed by atoms with E-state index in [0.717, 1.165) is 0 Å². The third-order valence-corrected chi connectivity index (χ3v) is 2.39. The number of carbonyl (C=O) groups is 1. The van der Waals surface area contributed by atoms with Crippen LogP contribution in [0.2, 0.25) is 10.0 Å². The van der Waals surface area contributed by atoms with Crippen LogP contribution in [0.25, 0.3) is 0 Å². The Balaban J connectivity index is 3.05. The Morgan fingerprint density at radius 1 is 1.47 bits per heavy atom. The van der Waals surface area contributed by atoms with Crippen molar-refractivity contribution < 1.29 is 9.53 Å². The topological polar surface area (TPSA) is 50.1 Å². The maximum atomic E-state index is 11.0. The van der Waals surface area contributed by atoms with E-state index in [1.165, 1.54) is 19.2 Å². The van der Waals surface area contributed by atoms with Crippen molar-refractivity contribution in [2.45, 2.75) is 6.42 Å². The Morgan fingerprint density at radius 3 is 2.40 bits per heavy atom. The second-order valence-electron chi connectivity index (χ2n) is 2.80. The lowest BCUT2D eigenvalue weighted by molar-refractivity contribution is -0.139. The average Bonchev–Trinajstić information content (AvgIpc) is 2.17. The first-order valence-corrected chi connectivity index (χ1v) is 4.79. The third kappa shape index (κ3) is 2.85. The molecule has 1 aromatic rings. The zero-order valence-electron chi connectivity index (χ0n) is 7.88. The van der Waals surface area contributed by atoms with Gasteiger partial charge in [0.1, 0.15) is 6.07 Å². The summed E-state index contributed by atoms with van der Waals surface area (Å²) in [5.74, 6) is -0.383. The van der Waals surface area contributed by atoms with E-state index < -0.39 is 0 Å². The zero-order chi connectivity index (χ0) is 11.4. The monoisotopic (exact) mass is 243 g/mol. The number of nitriles is 1. The summed E-state index contributed by atoms with van der Waals surface area (Å²) in [6, 6.07) is 4.94. The number of halogens is 2. The van der Waals surface area contributed by atoms with Crippen LogP contribution >= 0.6 is 23.2 Å². The molecular weight excluding hydrogens is 237 g/mol. The van der Waals surface area contributed by atoms with Gasteiger partial charge in [-0.25, -0.2) is 0 Å². The number of ether oxygens (including phenoxy) is 1. The molecular formula is C10H7Cl2NO2. The van der Waals surface area contributed by atoms with Crippen molar-refractivity contribution in [2.75, 3.05) is 7.11 Å². The van der Waals surface area contributed by atoms with Crippen LogP contribution in [0.5, 0.6) is 0 Å². The number of benzene rings is 1. The minimum Gasteiger partial charge on any atom is -0.469 e. The van der Waals surface area contributed by atoms with Crippen molar-refractivity contribution in [1.82, 2.24) is 0 Å². The summed E-state index contributed by atoms with van der Waals surface area (Å²) < 4.78 is 4.50. The summed E-state index contributed by atoms with van der Waals surface area (Å²) in [7, 11) is 1.30. The van der Waals surface area contributed by atoms with E-state index >= 15 is 0 Å². The quantitative estimate of drug-likeness (QED) is 0.751. The van der Waals surface area contributed by atoms with Gasteiger partial charge in [-0.05, 0) is 17.7 Å². The summed E-state index contributed by atoms with van der Waals surface area (Å²) in [4.78, 5) is 11.0. The molecule has 78 valence electrons. The van der Waals surface area contributed by atoms with Crippen LogP contribution in [0.1, 0.15) is 11.1 Å². The fourth-order valence-electron chi connectivity index (χ4n) is 1.07. The number of hydrogen-bond donors (Lipinski definition) is 0. The van der Waals surface area contributed by atoms with Crippen LogP contribution in [0, 0.1) is 11.3 Å². The van der Waals surface area contributed by atoms with Crippen LogP contribution in [0.4, 0.5) is 0 Å². The summed E-state index contributed by atoms with van der Waals surface area (Å²) in [6.45, 7) is 0. The molecule has 0 aromatic heterocycles. The summed E-state index contributed by atoms with van der Waals surface area (Å²) in [5.41, 5.74) is 0.836. The lowest BCUT2D eigenvalue weighted by atomic mass is 10.1. The first-order chi connectivity index (χ1) is 7.08. The predicted octanol–water partition coefficient (Wildman–Crippen LogP) is 2.58. The standard InChI is InChI=1S/C10H7Cl2NO2/c1-15-10(14)4-6-2-8(11)7(5-13)9(12)3-6/h2-3H,4H2,1H3. The van der Waals surface area contributed by atoms with Crippen LogP contribution in [0.15, 0.2) is 12.1 Å². The highest BCUT2D eigenvalue weighted by molar-refractivity contribution is 6.36. The van der Waals surface area contributed by atoms with Crippen LogP contribution in [-0.4, -0.2) is 13.1 Å². The molecule has 0 aliphatic heterocycles. The molecule has 15 heavy (non-hydrogen) atoms. The molecule has 0 aliphatic rings. The number of methoxy groups -OCH3 is 1. The van der Waals surface area contributed by atoms with Gasteiger partial charge in [-0.1, -0.05) is 23.2 Å². The Morgan fingerprint density at radius 2 is 2.00 bits per heavy atom. The molecule has 1 aromatic carbocycles. The maximum absolute atomic E-state index is 11.0. The smallest absolute Gasteiger partial charge is 0.309 e. The van der Waals surface area contributed by atoms with E-state index in [0.29, 0.717) is 5.56 Å². The van der Waals surface area contributed by atoms with E-state index in [1.807, 2.05) is 6.07 Å². The molecule has 0 N–H and O–H groups in total. The molecule has 0 fully saturated rings. The van der Waals surface area contributed by atoms with Crippen molar-refractivity contribution in [3.05, 3.63) is 33.3 Å². The number of esters is 1. The van der Waals surface area contributed by atoms with Crippen LogP contribution in [0.3, 0.4) is 0 Å². The number of carbonyl (C=O) groups excluding carboxylic acids is 1. The van der Waals surface area contributed by atoms with Gasteiger partial charge in [0, 0.05) is 0 Å². The second-order valence-corrected chi connectivity index (χ2v) is 3.61. The molecule has 0 aliphatic carbocycles. The molecule has 0 saturated heterocycles. The van der Waals surface area contributed by atoms with Gasteiger partial charge in [-0.3, -0.25) is 4.79 Å². The van der Waals surface area contributed by atoms with Gasteiger partial charge >= 0.3 is 5.97 Å². The Kier molecular flexibility index (Phi) is 3.96. The van der Waals surface area contributed by atoms with E-state index in [2.05, 4.69) is 4.74 Å². The lowest BCUT2D eigenvalue weighted by Gasteiger charge is -2.03. The normalized spacial score (nSPS) is 9.47. The summed E-state index contributed by atoms with van der Waals surface area (Å²) >= 11 is 11.6. The largest absolute Gasteiger partial charge is 0.469 e. The first-order valence-electron chi connectivity index (χ1n) is 4.03. The van der Waals surface area contributed by atoms with Gasteiger partial charge in [-0.15, -0.1) is 0 Å². The summed E-state index contributed by atoms with van der Waals surface area (Å²) in [5, 5.41) is 9.19. The lowest BCUT2D eigenvalue weighted by Crippen LogP contribution is -2.04. The van der Waals surface area contributed by atoms with Crippen molar-refractivity contribution in [3.8, 4) is 6.07 Å². The number of hydrogen-bond acceptors (Lipinski definition) is 3. The van der Waals surface area contributed by atoms with E-state index in [4.69, 9.17) is 28.5 Å². The van der Waals surface area contributed by atoms with Crippen molar-refractivity contribution in [2.24, 2.45) is 0 Å². The molecule has 1 rings (SSSR count). The van der Waals surface area contributed by atoms with Gasteiger partial charge in [-0.2, -0.15) is 5.26 Å². The van der Waals surface area contributed by atoms with Gasteiger partial charge in [0.25, 0.3) is 0 Å². The van der Waals surface area contributed by atoms with E-state index in [-0.39, 0.29) is 28.0 Å². The van der Waals surface area contributed by atoms with Gasteiger partial charge < -0.3 is 4.74 Å². The predicted molar refractivity (Wildman–Crippen MR) is 56.9 cm³/mol. The molecule has 0 amide bonds. The van der Waals surface area contributed by atoms with Crippen molar-refractivity contribution >= 4 is 29.2 Å². The zero-order valence-corrected chi connectivity index (χ0v) is 9.39. The van der Waals surface area contributed by atoms with Crippen LogP contribution < -0.4 is 0 Å². The molecule has 0 heterocycles. The number of rotatable bonds is 2. The van der Waals surface area contributed by atoms with Gasteiger partial charge in [0.2, 0.25) is 0 Å². The highest BCUT2D eigenvalue weighted by Crippen LogP contribution is 2.26. The number of nitrogens with zero attached hydrogens (tertiary/aromatic N) is 1. The molecule has 5 heteroatoms. The first kappa shape index (κ1) is 11.8. The van der Waals surface area contributed by atoms with E-state index in [9.17, 15) is 4.79 Å².